The Kier molecular flexibility index (Phi) is 5.07. The Morgan fingerprint density at radius 1 is 1.35 bits per heavy atom. The van der Waals surface area contributed by atoms with E-state index in [1.807, 2.05) is 4.90 Å². The van der Waals surface area contributed by atoms with Crippen LogP contribution < -0.4 is 10.6 Å². The Bertz CT molecular complexity index is 242. The molecule has 1 saturated carbocycles. The maximum atomic E-state index is 11.2. The molecule has 2 rings (SSSR count). The maximum absolute atomic E-state index is 11.2. The van der Waals surface area contributed by atoms with Crippen molar-refractivity contribution in [3.8, 4) is 0 Å². The summed E-state index contributed by atoms with van der Waals surface area (Å²) in [6.07, 6.45) is 5.60. The van der Waals surface area contributed by atoms with E-state index in [-0.39, 0.29) is 6.03 Å². The average Bonchev–Trinajstić information content (AvgIpc) is 2.95. The molecule has 1 aliphatic carbocycles. The second kappa shape index (κ2) is 6.81. The van der Waals surface area contributed by atoms with Gasteiger partial charge in [-0.3, -0.25) is 0 Å². The molecule has 98 valence electrons. The van der Waals surface area contributed by atoms with Crippen LogP contribution in [0.4, 0.5) is 4.79 Å². The van der Waals surface area contributed by atoms with Crippen LogP contribution >= 0.6 is 0 Å². The lowest BCUT2D eigenvalue weighted by Crippen LogP contribution is -2.35. The minimum atomic E-state index is 0.0639. The van der Waals surface area contributed by atoms with Crippen LogP contribution in [0.2, 0.25) is 0 Å². The lowest BCUT2D eigenvalue weighted by Gasteiger charge is -2.15. The summed E-state index contributed by atoms with van der Waals surface area (Å²) in [7, 11) is 0. The first kappa shape index (κ1) is 12.6. The summed E-state index contributed by atoms with van der Waals surface area (Å²) in [6, 6.07) is 0.0639. The second-order valence-corrected chi connectivity index (χ2v) is 4.75. The Morgan fingerprint density at radius 2 is 2.18 bits per heavy atom. The van der Waals surface area contributed by atoms with Gasteiger partial charge in [-0.15, -0.1) is 0 Å². The van der Waals surface area contributed by atoms with E-state index in [4.69, 9.17) is 4.74 Å². The van der Waals surface area contributed by atoms with Gasteiger partial charge in [-0.1, -0.05) is 12.8 Å². The number of amides is 2. The summed E-state index contributed by atoms with van der Waals surface area (Å²) >= 11 is 0. The Balaban J connectivity index is 1.42. The van der Waals surface area contributed by atoms with E-state index in [1.165, 1.54) is 25.7 Å². The molecule has 0 aromatic rings. The van der Waals surface area contributed by atoms with E-state index >= 15 is 0 Å². The van der Waals surface area contributed by atoms with Crippen LogP contribution in [-0.4, -0.2) is 56.4 Å². The van der Waals surface area contributed by atoms with Gasteiger partial charge in [-0.2, -0.15) is 0 Å². The molecule has 0 aromatic heterocycles. The van der Waals surface area contributed by atoms with Gasteiger partial charge in [0.15, 0.2) is 0 Å². The molecule has 0 unspecified atom stereocenters. The van der Waals surface area contributed by atoms with Crippen molar-refractivity contribution in [2.75, 3.05) is 39.3 Å². The van der Waals surface area contributed by atoms with Crippen LogP contribution in [0.25, 0.3) is 0 Å². The number of urea groups is 1. The van der Waals surface area contributed by atoms with E-state index < -0.39 is 0 Å². The number of ether oxygens (including phenoxy) is 1. The van der Waals surface area contributed by atoms with Crippen molar-refractivity contribution in [2.45, 2.75) is 31.8 Å². The van der Waals surface area contributed by atoms with Gasteiger partial charge in [0.1, 0.15) is 0 Å². The molecule has 1 aliphatic heterocycles. The minimum Gasteiger partial charge on any atom is -0.377 e. The summed E-state index contributed by atoms with van der Waals surface area (Å²) in [6.45, 7) is 4.92. The topological polar surface area (TPSA) is 53.6 Å². The van der Waals surface area contributed by atoms with E-state index in [0.29, 0.717) is 6.10 Å². The van der Waals surface area contributed by atoms with Gasteiger partial charge in [0, 0.05) is 32.7 Å². The number of carbonyl (C=O) groups is 1. The first-order valence-electron chi connectivity index (χ1n) is 6.71. The van der Waals surface area contributed by atoms with Crippen LogP contribution in [0.5, 0.6) is 0 Å². The molecular weight excluding hydrogens is 218 g/mol. The number of carbonyl (C=O) groups excluding carboxylic acids is 1. The molecule has 2 fully saturated rings. The van der Waals surface area contributed by atoms with Crippen LogP contribution in [0.1, 0.15) is 25.7 Å². The fourth-order valence-electron chi connectivity index (χ4n) is 2.42. The summed E-state index contributed by atoms with van der Waals surface area (Å²) in [4.78, 5) is 13.1. The monoisotopic (exact) mass is 241 g/mol. The lowest BCUT2D eigenvalue weighted by molar-refractivity contribution is 0.0603. The van der Waals surface area contributed by atoms with Gasteiger partial charge in [-0.05, 0) is 12.8 Å². The molecule has 17 heavy (non-hydrogen) atoms. The first-order chi connectivity index (χ1) is 8.36. The second-order valence-electron chi connectivity index (χ2n) is 4.75. The number of hydrogen-bond acceptors (Lipinski definition) is 3. The minimum absolute atomic E-state index is 0.0639. The Morgan fingerprint density at radius 3 is 2.88 bits per heavy atom. The van der Waals surface area contributed by atoms with Crippen molar-refractivity contribution >= 4 is 6.03 Å². The summed E-state index contributed by atoms with van der Waals surface area (Å²) in [5.74, 6) is 0. The Hall–Kier alpha value is -0.810. The highest BCUT2D eigenvalue weighted by molar-refractivity contribution is 5.76. The first-order valence-corrected chi connectivity index (χ1v) is 6.71. The molecule has 0 atom stereocenters. The van der Waals surface area contributed by atoms with E-state index in [0.717, 1.165) is 39.3 Å². The van der Waals surface area contributed by atoms with Gasteiger partial charge in [0.2, 0.25) is 0 Å². The number of hydrogen-bond donors (Lipinski definition) is 2. The molecule has 1 heterocycles. The largest absolute Gasteiger partial charge is 0.377 e. The van der Waals surface area contributed by atoms with Crippen molar-refractivity contribution in [3.05, 3.63) is 0 Å². The lowest BCUT2D eigenvalue weighted by atomic mass is 10.3. The third-order valence-corrected chi connectivity index (χ3v) is 3.44. The molecule has 0 radical (unpaired) electrons. The highest BCUT2D eigenvalue weighted by atomic mass is 16.5. The predicted molar refractivity (Wildman–Crippen MR) is 66.0 cm³/mol. The molecule has 5 nitrogen and oxygen atoms in total. The molecule has 1 saturated heterocycles. The molecule has 2 N–H and O–H groups in total. The van der Waals surface area contributed by atoms with Crippen molar-refractivity contribution in [3.63, 3.8) is 0 Å². The molecule has 2 amide bonds. The van der Waals surface area contributed by atoms with Crippen LogP contribution in [0.3, 0.4) is 0 Å². The summed E-state index contributed by atoms with van der Waals surface area (Å²) in [5, 5.41) is 6.10. The predicted octanol–water partition coefficient (Wildman–Crippen LogP) is 0.560. The van der Waals surface area contributed by atoms with Gasteiger partial charge in [0.05, 0.1) is 12.7 Å². The zero-order chi connectivity index (χ0) is 11.9. The van der Waals surface area contributed by atoms with Gasteiger partial charge < -0.3 is 20.3 Å². The number of nitrogens with one attached hydrogen (secondary N) is 2. The summed E-state index contributed by atoms with van der Waals surface area (Å²) in [5.41, 5.74) is 0. The SMILES string of the molecule is O=C1NCCN1CCNCCOC1CCCC1. The average molecular weight is 241 g/mol. The third-order valence-electron chi connectivity index (χ3n) is 3.44. The zero-order valence-electron chi connectivity index (χ0n) is 10.4. The standard InChI is InChI=1S/C12H23N3O2/c16-12-14-6-9-15(12)8-5-13-7-10-17-11-3-1-2-4-11/h11,13H,1-10H2,(H,14,16). The fraction of sp³-hybridized carbons (Fsp3) is 0.917. The number of rotatable bonds is 7. The van der Waals surface area contributed by atoms with Crippen LogP contribution in [0.15, 0.2) is 0 Å². The number of nitrogens with zero attached hydrogens (tertiary/aromatic N) is 1. The molecule has 0 bridgehead atoms. The van der Waals surface area contributed by atoms with Gasteiger partial charge in [0.25, 0.3) is 0 Å². The van der Waals surface area contributed by atoms with E-state index in [1.54, 1.807) is 0 Å². The van der Waals surface area contributed by atoms with Crippen LogP contribution in [0, 0.1) is 0 Å². The van der Waals surface area contributed by atoms with Crippen molar-refractivity contribution < 1.29 is 9.53 Å². The quantitative estimate of drug-likeness (QED) is 0.640. The van der Waals surface area contributed by atoms with Gasteiger partial charge >= 0.3 is 6.03 Å². The highest BCUT2D eigenvalue weighted by Gasteiger charge is 2.18. The zero-order valence-corrected chi connectivity index (χ0v) is 10.4. The molecule has 0 spiro atoms. The fourth-order valence-corrected chi connectivity index (χ4v) is 2.42. The Labute approximate surface area is 103 Å². The molecule has 0 aromatic carbocycles. The van der Waals surface area contributed by atoms with Crippen molar-refractivity contribution in [1.29, 1.82) is 0 Å². The van der Waals surface area contributed by atoms with Gasteiger partial charge in [-0.25, -0.2) is 4.79 Å². The summed E-state index contributed by atoms with van der Waals surface area (Å²) < 4.78 is 5.74. The third kappa shape index (κ3) is 4.16. The smallest absolute Gasteiger partial charge is 0.317 e. The van der Waals surface area contributed by atoms with E-state index in [2.05, 4.69) is 10.6 Å². The molecular formula is C12H23N3O2. The molecule has 5 heteroatoms. The highest BCUT2D eigenvalue weighted by Crippen LogP contribution is 2.20. The normalized spacial score (nSPS) is 21.2. The van der Waals surface area contributed by atoms with Crippen LogP contribution in [-0.2, 0) is 4.74 Å². The maximum Gasteiger partial charge on any atom is 0.317 e. The van der Waals surface area contributed by atoms with E-state index in [9.17, 15) is 4.79 Å². The van der Waals surface area contributed by atoms with Crippen molar-refractivity contribution in [1.82, 2.24) is 15.5 Å². The van der Waals surface area contributed by atoms with Crippen molar-refractivity contribution in [2.24, 2.45) is 0 Å². The molecule has 2 aliphatic rings.